The van der Waals surface area contributed by atoms with Crippen LogP contribution >= 0.6 is 0 Å². The lowest BCUT2D eigenvalue weighted by molar-refractivity contribution is 0.102. The summed E-state index contributed by atoms with van der Waals surface area (Å²) in [4.78, 5) is 21.6. The lowest BCUT2D eigenvalue weighted by Gasteiger charge is -2.15. The average Bonchev–Trinajstić information content (AvgIpc) is 3.32. The summed E-state index contributed by atoms with van der Waals surface area (Å²) in [5.74, 6) is 0.999. The van der Waals surface area contributed by atoms with Crippen LogP contribution in [0.1, 0.15) is 35.3 Å². The monoisotopic (exact) mass is 462 g/mol. The fourth-order valence-corrected chi connectivity index (χ4v) is 3.71. The quantitative estimate of drug-likeness (QED) is 0.461. The number of nitrogens with zero attached hydrogens (tertiary/aromatic N) is 5. The second kappa shape index (κ2) is 9.34. The Morgan fingerprint density at radius 2 is 1.94 bits per heavy atom. The minimum Gasteiger partial charge on any atom is -0.493 e. The van der Waals surface area contributed by atoms with E-state index in [0.717, 1.165) is 12.8 Å². The summed E-state index contributed by atoms with van der Waals surface area (Å²) in [7, 11) is 0. The summed E-state index contributed by atoms with van der Waals surface area (Å²) in [5, 5.41) is 11.0. The lowest BCUT2D eigenvalue weighted by atomic mass is 10.0. The Kier molecular flexibility index (Phi) is 5.94. The maximum atomic E-state index is 13.2. The van der Waals surface area contributed by atoms with Gasteiger partial charge in [-0.2, -0.15) is 0 Å². The minimum atomic E-state index is -2.64. The maximum absolute atomic E-state index is 13.2. The summed E-state index contributed by atoms with van der Waals surface area (Å²) in [5.41, 5.74) is 1.87. The highest BCUT2D eigenvalue weighted by Crippen LogP contribution is 2.29. The smallest absolute Gasteiger partial charge is 0.280 e. The van der Waals surface area contributed by atoms with Gasteiger partial charge in [0.1, 0.15) is 29.3 Å². The number of anilines is 1. The molecule has 0 aliphatic carbocycles. The molecule has 1 amide bonds. The molecule has 8 nitrogen and oxygen atoms in total. The fraction of sp³-hybridized carbons (Fsp3) is 0.208. The van der Waals surface area contributed by atoms with Crippen molar-refractivity contribution in [1.82, 2.24) is 24.7 Å². The maximum Gasteiger partial charge on any atom is 0.280 e. The number of nitrogens with one attached hydrogen (secondary N) is 1. The van der Waals surface area contributed by atoms with Gasteiger partial charge in [-0.05, 0) is 48.7 Å². The molecule has 0 atom stereocenters. The first-order valence-electron chi connectivity index (χ1n) is 10.8. The van der Waals surface area contributed by atoms with Crippen molar-refractivity contribution in [3.8, 4) is 28.4 Å². The topological polar surface area (TPSA) is 94.8 Å². The summed E-state index contributed by atoms with van der Waals surface area (Å²) in [6.07, 6.45) is 1.97. The van der Waals surface area contributed by atoms with Gasteiger partial charge in [0.2, 0.25) is 0 Å². The van der Waals surface area contributed by atoms with Gasteiger partial charge in [-0.3, -0.25) is 9.78 Å². The number of ether oxygens (including phenoxy) is 1. The molecule has 0 spiro atoms. The molecule has 1 N–H and O–H groups in total. The number of pyridine rings is 2. The molecular weight excluding hydrogens is 442 g/mol. The number of carbonyl (C=O) groups excluding carboxylic acids is 1. The summed E-state index contributed by atoms with van der Waals surface area (Å²) in [6, 6.07) is 13.3. The second-order valence-corrected chi connectivity index (χ2v) is 7.75. The minimum absolute atomic E-state index is 0.301. The van der Waals surface area contributed by atoms with Gasteiger partial charge in [-0.15, -0.1) is 10.2 Å². The van der Waals surface area contributed by atoms with Crippen molar-refractivity contribution in [2.24, 2.45) is 0 Å². The van der Waals surface area contributed by atoms with Crippen LogP contribution in [0.4, 0.5) is 14.6 Å². The lowest BCUT2D eigenvalue weighted by Crippen LogP contribution is -2.16. The van der Waals surface area contributed by atoms with Crippen LogP contribution in [0.25, 0.3) is 22.6 Å². The molecule has 172 valence electrons. The number of halogens is 2. The van der Waals surface area contributed by atoms with Gasteiger partial charge in [0.05, 0.1) is 12.2 Å². The normalized spacial score (nSPS) is 13.9. The van der Waals surface area contributed by atoms with Gasteiger partial charge in [-0.25, -0.2) is 13.8 Å². The van der Waals surface area contributed by atoms with Gasteiger partial charge in [0.15, 0.2) is 5.82 Å². The molecule has 10 heteroatoms. The zero-order valence-electron chi connectivity index (χ0n) is 18.0. The molecule has 3 aromatic heterocycles. The highest BCUT2D eigenvalue weighted by atomic mass is 19.3. The standard InChI is InChI=1S/C24H20F2N6O2/c25-22(26)18-8-6-16(13-27-18)15-7-9-20-17(12-15)24(33)30-21-5-3-4-19(29-21)23-31-28-14-32(23)10-1-2-11-34-20/h3-9,12-14,22H,1-2,10-11H2,(H,29,30,33). The molecule has 0 fully saturated rings. The van der Waals surface area contributed by atoms with Crippen molar-refractivity contribution in [2.45, 2.75) is 25.8 Å². The number of rotatable bonds is 2. The van der Waals surface area contributed by atoms with E-state index in [4.69, 9.17) is 4.74 Å². The molecular formula is C24H20F2N6O2. The van der Waals surface area contributed by atoms with E-state index in [9.17, 15) is 13.6 Å². The Morgan fingerprint density at radius 3 is 2.76 bits per heavy atom. The zero-order chi connectivity index (χ0) is 23.5. The van der Waals surface area contributed by atoms with Crippen LogP contribution in [-0.4, -0.2) is 37.2 Å². The van der Waals surface area contributed by atoms with Gasteiger partial charge in [0.25, 0.3) is 12.3 Å². The van der Waals surface area contributed by atoms with Crippen LogP contribution in [0.15, 0.2) is 61.1 Å². The van der Waals surface area contributed by atoms with Crippen molar-refractivity contribution in [3.63, 3.8) is 0 Å². The first-order chi connectivity index (χ1) is 16.6. The number of aromatic nitrogens is 5. The van der Waals surface area contributed by atoms with E-state index >= 15 is 0 Å². The van der Waals surface area contributed by atoms with Crippen molar-refractivity contribution in [3.05, 3.63) is 72.3 Å². The highest BCUT2D eigenvalue weighted by molar-refractivity contribution is 6.06. The van der Waals surface area contributed by atoms with Crippen LogP contribution in [0, 0.1) is 0 Å². The van der Waals surface area contributed by atoms with Crippen molar-refractivity contribution < 1.29 is 18.3 Å². The van der Waals surface area contributed by atoms with Crippen LogP contribution in [-0.2, 0) is 6.54 Å². The molecule has 1 aliphatic rings. The number of hydrogen-bond donors (Lipinski definition) is 1. The van der Waals surface area contributed by atoms with Crippen LogP contribution in [0.2, 0.25) is 0 Å². The van der Waals surface area contributed by atoms with Crippen molar-refractivity contribution in [1.29, 1.82) is 0 Å². The second-order valence-electron chi connectivity index (χ2n) is 7.75. The van der Waals surface area contributed by atoms with Crippen LogP contribution in [0.3, 0.4) is 0 Å². The van der Waals surface area contributed by atoms with Gasteiger partial charge >= 0.3 is 0 Å². The Labute approximate surface area is 193 Å². The van der Waals surface area contributed by atoms with Gasteiger partial charge in [0, 0.05) is 18.3 Å². The zero-order valence-corrected chi connectivity index (χ0v) is 18.0. The Morgan fingerprint density at radius 1 is 1.06 bits per heavy atom. The molecule has 4 aromatic rings. The molecule has 0 unspecified atom stereocenters. The molecule has 5 rings (SSSR count). The molecule has 34 heavy (non-hydrogen) atoms. The number of carbonyl (C=O) groups is 1. The Balaban J connectivity index is 1.51. The van der Waals surface area contributed by atoms with E-state index in [0.29, 0.717) is 52.9 Å². The molecule has 4 heterocycles. The first-order valence-corrected chi connectivity index (χ1v) is 10.8. The number of hydrogen-bond acceptors (Lipinski definition) is 6. The Hall–Kier alpha value is -4.21. The number of amides is 1. The third-order valence-electron chi connectivity index (χ3n) is 5.45. The SMILES string of the molecule is O=C1Nc2cccc(n2)-c2nncn2CCCCOc2ccc(-c3ccc(C(F)F)nc3)cc21. The number of alkyl halides is 2. The van der Waals surface area contributed by atoms with Crippen LogP contribution < -0.4 is 10.1 Å². The van der Waals surface area contributed by atoms with E-state index in [1.54, 1.807) is 42.7 Å². The summed E-state index contributed by atoms with van der Waals surface area (Å²) >= 11 is 0. The van der Waals surface area contributed by atoms with E-state index in [2.05, 4.69) is 25.5 Å². The van der Waals surface area contributed by atoms with Crippen molar-refractivity contribution in [2.75, 3.05) is 11.9 Å². The van der Waals surface area contributed by atoms with Crippen LogP contribution in [0.5, 0.6) is 5.75 Å². The number of aryl methyl sites for hydroxylation is 1. The predicted octanol–water partition coefficient (Wildman–Crippen LogP) is 4.76. The third kappa shape index (κ3) is 4.47. The first kappa shape index (κ1) is 21.6. The van der Waals surface area contributed by atoms with Crippen molar-refractivity contribution >= 4 is 11.7 Å². The van der Waals surface area contributed by atoms with E-state index in [1.807, 2.05) is 10.6 Å². The summed E-state index contributed by atoms with van der Waals surface area (Å²) < 4.78 is 33.6. The summed E-state index contributed by atoms with van der Waals surface area (Å²) in [6.45, 7) is 1.13. The predicted molar refractivity (Wildman–Crippen MR) is 121 cm³/mol. The molecule has 0 radical (unpaired) electrons. The third-order valence-corrected chi connectivity index (χ3v) is 5.45. The highest BCUT2D eigenvalue weighted by Gasteiger charge is 2.18. The average molecular weight is 462 g/mol. The van der Waals surface area contributed by atoms with E-state index in [-0.39, 0.29) is 5.69 Å². The molecule has 0 saturated heterocycles. The van der Waals surface area contributed by atoms with Gasteiger partial charge < -0.3 is 14.6 Å². The van der Waals surface area contributed by atoms with Gasteiger partial charge in [-0.1, -0.05) is 18.2 Å². The number of benzene rings is 1. The molecule has 0 saturated carbocycles. The Bertz CT molecular complexity index is 1320. The number of fused-ring (bicyclic) bond motifs is 5. The molecule has 1 aromatic carbocycles. The molecule has 2 bridgehead atoms. The fourth-order valence-electron chi connectivity index (χ4n) is 3.71. The largest absolute Gasteiger partial charge is 0.493 e. The molecule has 1 aliphatic heterocycles. The van der Waals surface area contributed by atoms with E-state index < -0.39 is 12.3 Å². The van der Waals surface area contributed by atoms with E-state index in [1.165, 1.54) is 12.3 Å².